The highest BCUT2D eigenvalue weighted by molar-refractivity contribution is 7.80. The topological polar surface area (TPSA) is 18.5 Å². The third-order valence-corrected chi connectivity index (χ3v) is 6.01. The lowest BCUT2D eigenvalue weighted by Gasteiger charge is -2.06. The van der Waals surface area contributed by atoms with E-state index in [1.165, 1.54) is 96.3 Å². The molecule has 0 saturated carbocycles. The maximum absolute atomic E-state index is 5.74. The van der Waals surface area contributed by atoms with Gasteiger partial charge < -0.3 is 9.47 Å². The lowest BCUT2D eigenvalue weighted by atomic mass is 10.0. The van der Waals surface area contributed by atoms with Gasteiger partial charge in [0.2, 0.25) is 0 Å². The highest BCUT2D eigenvalue weighted by Crippen LogP contribution is 2.14. The average Bonchev–Trinajstić information content (AvgIpc) is 2.78. The van der Waals surface area contributed by atoms with Crippen molar-refractivity contribution < 1.29 is 9.47 Å². The molecule has 0 aromatic heterocycles. The molecule has 0 unspecified atom stereocenters. The SMILES string of the molecule is CCC(=S)OCCCCCCCCCCCCCCCCCCOc1ccccc1. The molecule has 3 heteroatoms. The van der Waals surface area contributed by atoms with Gasteiger partial charge in [-0.3, -0.25) is 0 Å². The average molecular weight is 435 g/mol. The van der Waals surface area contributed by atoms with Gasteiger partial charge in [-0.1, -0.05) is 115 Å². The van der Waals surface area contributed by atoms with Crippen LogP contribution in [0.5, 0.6) is 5.75 Å². The van der Waals surface area contributed by atoms with Crippen LogP contribution in [0.1, 0.15) is 116 Å². The Kier molecular flexibility index (Phi) is 19.0. The van der Waals surface area contributed by atoms with Crippen molar-refractivity contribution in [2.24, 2.45) is 0 Å². The van der Waals surface area contributed by atoms with Crippen LogP contribution in [-0.2, 0) is 4.74 Å². The first kappa shape index (κ1) is 26.9. The Hall–Kier alpha value is -1.09. The summed E-state index contributed by atoms with van der Waals surface area (Å²) in [5.74, 6) is 0.996. The summed E-state index contributed by atoms with van der Waals surface area (Å²) in [6.07, 6.45) is 22.6. The van der Waals surface area contributed by atoms with Gasteiger partial charge >= 0.3 is 0 Å². The van der Waals surface area contributed by atoms with Gasteiger partial charge in [-0.25, -0.2) is 0 Å². The molecule has 0 amide bonds. The minimum absolute atomic E-state index is 0.764. The Bertz CT molecular complexity index is 489. The number of para-hydroxylation sites is 1. The lowest BCUT2D eigenvalue weighted by Crippen LogP contribution is -2.01. The van der Waals surface area contributed by atoms with Gasteiger partial charge in [-0.15, -0.1) is 0 Å². The number of hydrogen-bond acceptors (Lipinski definition) is 3. The Morgan fingerprint density at radius 2 is 1.00 bits per heavy atom. The van der Waals surface area contributed by atoms with E-state index in [2.05, 4.69) is 6.92 Å². The molecule has 0 heterocycles. The first-order valence-electron chi connectivity index (χ1n) is 12.7. The number of hydrogen-bond donors (Lipinski definition) is 0. The number of thiocarbonyl (C=S) groups is 1. The van der Waals surface area contributed by atoms with Crippen molar-refractivity contribution in [1.82, 2.24) is 0 Å². The van der Waals surface area contributed by atoms with Crippen molar-refractivity contribution in [3.05, 3.63) is 30.3 Å². The summed E-state index contributed by atoms with van der Waals surface area (Å²) in [7, 11) is 0. The maximum Gasteiger partial charge on any atom is 0.159 e. The van der Waals surface area contributed by atoms with Gasteiger partial charge in [0.15, 0.2) is 5.05 Å². The molecule has 0 radical (unpaired) electrons. The molecule has 0 saturated heterocycles. The van der Waals surface area contributed by atoms with Crippen LogP contribution in [-0.4, -0.2) is 18.3 Å². The quantitative estimate of drug-likeness (QED) is 0.142. The van der Waals surface area contributed by atoms with Crippen molar-refractivity contribution in [2.45, 2.75) is 116 Å². The summed E-state index contributed by atoms with van der Waals surface area (Å²) in [6, 6.07) is 10.1. The Morgan fingerprint density at radius 1 is 0.600 bits per heavy atom. The number of unbranched alkanes of at least 4 members (excludes halogenated alkanes) is 15. The summed E-state index contributed by atoms with van der Waals surface area (Å²) < 4.78 is 11.2. The molecule has 0 atom stereocenters. The van der Waals surface area contributed by atoms with Gasteiger partial charge in [0.25, 0.3) is 0 Å². The molecule has 172 valence electrons. The fourth-order valence-electron chi connectivity index (χ4n) is 3.67. The zero-order valence-electron chi connectivity index (χ0n) is 19.5. The Morgan fingerprint density at radius 3 is 1.43 bits per heavy atom. The molecule has 0 spiro atoms. The third-order valence-electron chi connectivity index (χ3n) is 5.60. The van der Waals surface area contributed by atoms with Crippen LogP contribution in [0.15, 0.2) is 30.3 Å². The summed E-state index contributed by atoms with van der Waals surface area (Å²) in [5, 5.41) is 0.764. The monoisotopic (exact) mass is 434 g/mol. The van der Waals surface area contributed by atoms with Gasteiger partial charge in [-0.2, -0.15) is 0 Å². The smallest absolute Gasteiger partial charge is 0.159 e. The number of benzene rings is 1. The van der Waals surface area contributed by atoms with Crippen molar-refractivity contribution in [2.75, 3.05) is 13.2 Å². The first-order valence-corrected chi connectivity index (χ1v) is 13.1. The summed E-state index contributed by atoms with van der Waals surface area (Å²) in [6.45, 7) is 3.72. The highest BCUT2D eigenvalue weighted by Gasteiger charge is 1.97. The molecule has 2 nitrogen and oxygen atoms in total. The zero-order valence-corrected chi connectivity index (χ0v) is 20.4. The lowest BCUT2D eigenvalue weighted by molar-refractivity contribution is 0.293. The van der Waals surface area contributed by atoms with Crippen LogP contribution in [0.3, 0.4) is 0 Å². The van der Waals surface area contributed by atoms with E-state index in [-0.39, 0.29) is 0 Å². The number of rotatable bonds is 21. The van der Waals surface area contributed by atoms with E-state index in [9.17, 15) is 0 Å². The van der Waals surface area contributed by atoms with Crippen LogP contribution >= 0.6 is 12.2 Å². The standard InChI is InChI=1S/C27H46O2S/c1-2-27(30)29-25-21-16-14-12-10-8-6-4-3-5-7-9-11-13-15-20-24-28-26-22-18-17-19-23-26/h17-19,22-23H,2-16,20-21,24-25H2,1H3. The fourth-order valence-corrected chi connectivity index (χ4v) is 3.76. The van der Waals surface area contributed by atoms with Crippen LogP contribution in [0.25, 0.3) is 0 Å². The molecule has 0 N–H and O–H groups in total. The molecule has 1 aromatic carbocycles. The van der Waals surface area contributed by atoms with Crippen LogP contribution in [0.2, 0.25) is 0 Å². The molecule has 0 fully saturated rings. The van der Waals surface area contributed by atoms with E-state index in [1.54, 1.807) is 0 Å². The fraction of sp³-hybridized carbons (Fsp3) is 0.741. The minimum atomic E-state index is 0.764. The summed E-state index contributed by atoms with van der Waals surface area (Å²) in [5.41, 5.74) is 0. The van der Waals surface area contributed by atoms with Gasteiger partial charge in [0.1, 0.15) is 5.75 Å². The normalized spacial score (nSPS) is 10.8. The van der Waals surface area contributed by atoms with Crippen LogP contribution < -0.4 is 4.74 Å². The second-order valence-electron chi connectivity index (χ2n) is 8.39. The van der Waals surface area contributed by atoms with E-state index >= 15 is 0 Å². The zero-order chi connectivity index (χ0) is 21.5. The molecule has 1 aromatic rings. The van der Waals surface area contributed by atoms with Gasteiger partial charge in [-0.05, 0) is 37.2 Å². The largest absolute Gasteiger partial charge is 0.494 e. The van der Waals surface area contributed by atoms with E-state index in [4.69, 9.17) is 21.7 Å². The highest BCUT2D eigenvalue weighted by atomic mass is 32.1. The van der Waals surface area contributed by atoms with E-state index < -0.39 is 0 Å². The van der Waals surface area contributed by atoms with Crippen molar-refractivity contribution in [3.63, 3.8) is 0 Å². The van der Waals surface area contributed by atoms with Crippen molar-refractivity contribution >= 4 is 17.3 Å². The second-order valence-corrected chi connectivity index (χ2v) is 8.85. The Labute approximate surface area is 192 Å². The Balaban J connectivity index is 1.68. The molecule has 0 aliphatic rings. The predicted molar refractivity (Wildman–Crippen MR) is 135 cm³/mol. The first-order chi connectivity index (χ1) is 14.8. The van der Waals surface area contributed by atoms with Crippen LogP contribution in [0.4, 0.5) is 0 Å². The summed E-state index contributed by atoms with van der Waals surface area (Å²) >= 11 is 5.06. The molecular formula is C27H46O2S. The summed E-state index contributed by atoms with van der Waals surface area (Å²) in [4.78, 5) is 0. The maximum atomic E-state index is 5.74. The molecule has 30 heavy (non-hydrogen) atoms. The van der Waals surface area contributed by atoms with E-state index in [0.717, 1.165) is 36.9 Å². The van der Waals surface area contributed by atoms with E-state index in [1.807, 2.05) is 30.3 Å². The third kappa shape index (κ3) is 17.7. The minimum Gasteiger partial charge on any atom is -0.494 e. The predicted octanol–water partition coefficient (Wildman–Crippen LogP) is 9.06. The van der Waals surface area contributed by atoms with Gasteiger partial charge in [0, 0.05) is 6.42 Å². The van der Waals surface area contributed by atoms with Gasteiger partial charge in [0.05, 0.1) is 13.2 Å². The van der Waals surface area contributed by atoms with Crippen molar-refractivity contribution in [3.8, 4) is 5.75 Å². The molecule has 0 aliphatic carbocycles. The van der Waals surface area contributed by atoms with E-state index in [0.29, 0.717) is 0 Å². The molecule has 1 rings (SSSR count). The van der Waals surface area contributed by atoms with Crippen LogP contribution in [0, 0.1) is 0 Å². The number of ether oxygens (including phenoxy) is 2. The molecule has 0 aliphatic heterocycles. The molecule has 0 bridgehead atoms. The van der Waals surface area contributed by atoms with Crippen molar-refractivity contribution in [1.29, 1.82) is 0 Å². The second kappa shape index (κ2) is 21.2. The molecular weight excluding hydrogens is 388 g/mol.